The molecule has 0 aliphatic carbocycles. The fourth-order valence-corrected chi connectivity index (χ4v) is 3.50. The molecular formula is C24H32N4O8. The molecule has 196 valence electrons. The number of ether oxygens (including phenoxy) is 5. The Morgan fingerprint density at radius 1 is 1.06 bits per heavy atom. The van der Waals surface area contributed by atoms with E-state index in [0.717, 1.165) is 35.6 Å². The van der Waals surface area contributed by atoms with Crippen molar-refractivity contribution in [3.63, 3.8) is 0 Å². The van der Waals surface area contributed by atoms with Crippen LogP contribution < -0.4 is 15.0 Å². The lowest BCUT2D eigenvalue weighted by molar-refractivity contribution is -0.142. The number of morpholine rings is 1. The number of pyridine rings is 2. The molecule has 0 aromatic carbocycles. The number of nitrogens with zero attached hydrogens (tertiary/aromatic N) is 3. The van der Waals surface area contributed by atoms with Gasteiger partial charge in [-0.1, -0.05) is 0 Å². The van der Waals surface area contributed by atoms with E-state index in [-0.39, 0.29) is 13.2 Å². The van der Waals surface area contributed by atoms with E-state index in [1.54, 1.807) is 12.4 Å². The first kappa shape index (κ1) is 27.3. The highest BCUT2D eigenvalue weighted by molar-refractivity contribution is 5.78. The maximum absolute atomic E-state index is 10.8. The number of rotatable bonds is 16. The second-order valence-electron chi connectivity index (χ2n) is 7.79. The Morgan fingerprint density at radius 3 is 2.44 bits per heavy atom. The topological polar surface area (TPSA) is 142 Å². The van der Waals surface area contributed by atoms with Gasteiger partial charge in [-0.3, -0.25) is 9.78 Å². The number of aliphatic carboxylic acids is 1. The predicted octanol–water partition coefficient (Wildman–Crippen LogP) is 1.37. The molecule has 3 rings (SSSR count). The molecule has 1 aliphatic heterocycles. The lowest BCUT2D eigenvalue weighted by Crippen LogP contribution is -2.36. The fourth-order valence-electron chi connectivity index (χ4n) is 3.50. The first-order valence-corrected chi connectivity index (χ1v) is 11.7. The molecule has 0 saturated carbocycles. The Morgan fingerprint density at radius 2 is 1.75 bits per heavy atom. The van der Waals surface area contributed by atoms with Crippen molar-refractivity contribution < 1.29 is 38.4 Å². The molecule has 12 heteroatoms. The average Bonchev–Trinajstić information content (AvgIpc) is 2.89. The number of hydrogen-bond acceptors (Lipinski definition) is 10. The molecule has 2 aromatic heterocycles. The van der Waals surface area contributed by atoms with Gasteiger partial charge in [-0.25, -0.2) is 9.78 Å². The van der Waals surface area contributed by atoms with Crippen LogP contribution in [0.2, 0.25) is 0 Å². The van der Waals surface area contributed by atoms with E-state index in [1.165, 1.54) is 0 Å². The van der Waals surface area contributed by atoms with Crippen molar-refractivity contribution in [3.05, 3.63) is 30.2 Å². The van der Waals surface area contributed by atoms with Gasteiger partial charge in [-0.05, 0) is 19.1 Å². The van der Waals surface area contributed by atoms with Gasteiger partial charge in [0.05, 0.1) is 58.1 Å². The summed E-state index contributed by atoms with van der Waals surface area (Å²) >= 11 is 0. The van der Waals surface area contributed by atoms with Crippen LogP contribution in [0.4, 0.5) is 11.4 Å². The van der Waals surface area contributed by atoms with E-state index < -0.39 is 5.97 Å². The number of amides is 1. The van der Waals surface area contributed by atoms with Gasteiger partial charge >= 0.3 is 5.97 Å². The zero-order chi connectivity index (χ0) is 25.6. The summed E-state index contributed by atoms with van der Waals surface area (Å²) in [6, 6.07) is 3.88. The van der Waals surface area contributed by atoms with Gasteiger partial charge in [0.15, 0.2) is 0 Å². The van der Waals surface area contributed by atoms with E-state index in [1.807, 2.05) is 19.1 Å². The minimum absolute atomic E-state index is 0.217. The lowest BCUT2D eigenvalue weighted by atomic mass is 10.1. The molecule has 0 radical (unpaired) electrons. The van der Waals surface area contributed by atoms with Gasteiger partial charge in [0.25, 0.3) is 0 Å². The fraction of sp³-hybridized carbons (Fsp3) is 0.500. The van der Waals surface area contributed by atoms with Crippen LogP contribution in [0.1, 0.15) is 5.69 Å². The van der Waals surface area contributed by atoms with Crippen LogP contribution in [0.25, 0.3) is 11.1 Å². The number of anilines is 2. The monoisotopic (exact) mass is 504 g/mol. The van der Waals surface area contributed by atoms with Gasteiger partial charge < -0.3 is 39.0 Å². The molecular weight excluding hydrogens is 472 g/mol. The molecule has 1 saturated heterocycles. The smallest absolute Gasteiger partial charge is 0.329 e. The molecule has 36 heavy (non-hydrogen) atoms. The second-order valence-corrected chi connectivity index (χ2v) is 7.79. The molecule has 2 N–H and O–H groups in total. The normalized spacial score (nSPS) is 13.4. The largest absolute Gasteiger partial charge is 0.480 e. The van der Waals surface area contributed by atoms with Crippen LogP contribution in [0.5, 0.6) is 5.88 Å². The highest BCUT2D eigenvalue weighted by Crippen LogP contribution is 2.33. The molecule has 1 aliphatic rings. The Hall–Kier alpha value is -3.32. The van der Waals surface area contributed by atoms with E-state index in [9.17, 15) is 9.59 Å². The number of aryl methyl sites for hydroxylation is 1. The van der Waals surface area contributed by atoms with Gasteiger partial charge in [-0.2, -0.15) is 0 Å². The van der Waals surface area contributed by atoms with Gasteiger partial charge in [0.2, 0.25) is 12.3 Å². The summed E-state index contributed by atoms with van der Waals surface area (Å²) in [5, 5.41) is 11.1. The maximum Gasteiger partial charge on any atom is 0.329 e. The lowest BCUT2D eigenvalue weighted by Gasteiger charge is -2.30. The van der Waals surface area contributed by atoms with E-state index in [4.69, 9.17) is 28.8 Å². The number of carboxylic acids is 1. The SMILES string of the molecule is Cc1ncc(NC=O)cc1-c1cnc(OCCOCCOCCOCC(=O)O)c(N2CCOCC2)c1. The van der Waals surface area contributed by atoms with Crippen molar-refractivity contribution in [2.24, 2.45) is 0 Å². The van der Waals surface area contributed by atoms with Crippen molar-refractivity contribution >= 4 is 23.8 Å². The number of carbonyl (C=O) groups excluding carboxylic acids is 1. The van der Waals surface area contributed by atoms with Gasteiger partial charge in [0, 0.05) is 36.1 Å². The van der Waals surface area contributed by atoms with Crippen molar-refractivity contribution in [3.8, 4) is 17.0 Å². The first-order valence-electron chi connectivity index (χ1n) is 11.7. The predicted molar refractivity (Wildman–Crippen MR) is 131 cm³/mol. The first-order chi connectivity index (χ1) is 17.6. The van der Waals surface area contributed by atoms with Crippen molar-refractivity contribution in [2.45, 2.75) is 6.92 Å². The summed E-state index contributed by atoms with van der Waals surface area (Å²) in [6.45, 7) is 6.17. The Kier molecular flexibility index (Phi) is 11.3. The number of hydrogen-bond donors (Lipinski definition) is 2. The van der Waals surface area contributed by atoms with Gasteiger partial charge in [-0.15, -0.1) is 0 Å². The third kappa shape index (κ3) is 8.72. The van der Waals surface area contributed by atoms with Crippen LogP contribution in [-0.4, -0.2) is 100 Å². The zero-order valence-electron chi connectivity index (χ0n) is 20.3. The average molecular weight is 505 g/mol. The summed E-state index contributed by atoms with van der Waals surface area (Å²) in [6.07, 6.45) is 3.96. The van der Waals surface area contributed by atoms with E-state index in [2.05, 4.69) is 20.2 Å². The maximum atomic E-state index is 10.8. The summed E-state index contributed by atoms with van der Waals surface area (Å²) in [5.41, 5.74) is 4.01. The molecule has 12 nitrogen and oxygen atoms in total. The summed E-state index contributed by atoms with van der Waals surface area (Å²) < 4.78 is 27.2. The highest BCUT2D eigenvalue weighted by Gasteiger charge is 2.19. The third-order valence-electron chi connectivity index (χ3n) is 5.24. The highest BCUT2D eigenvalue weighted by atomic mass is 16.6. The molecule has 1 fully saturated rings. The molecule has 2 aromatic rings. The summed E-state index contributed by atoms with van der Waals surface area (Å²) in [5.74, 6) is -0.503. The molecule has 1 amide bonds. The molecule has 0 unspecified atom stereocenters. The Balaban J connectivity index is 1.55. The van der Waals surface area contributed by atoms with Crippen LogP contribution in [0, 0.1) is 6.92 Å². The van der Waals surface area contributed by atoms with Crippen molar-refractivity contribution in [2.75, 3.05) is 82.8 Å². The summed E-state index contributed by atoms with van der Waals surface area (Å²) in [4.78, 5) is 32.3. The number of aromatic nitrogens is 2. The number of nitrogens with one attached hydrogen (secondary N) is 1. The van der Waals surface area contributed by atoms with Crippen LogP contribution in [-0.2, 0) is 28.5 Å². The molecule has 0 atom stereocenters. The van der Waals surface area contributed by atoms with Gasteiger partial charge in [0.1, 0.15) is 18.9 Å². The third-order valence-corrected chi connectivity index (χ3v) is 5.24. The molecule has 0 spiro atoms. The van der Waals surface area contributed by atoms with Crippen molar-refractivity contribution in [1.82, 2.24) is 9.97 Å². The van der Waals surface area contributed by atoms with E-state index in [0.29, 0.717) is 64.2 Å². The summed E-state index contributed by atoms with van der Waals surface area (Å²) in [7, 11) is 0. The Bertz CT molecular complexity index is 985. The Labute approximate surface area is 209 Å². The quantitative estimate of drug-likeness (QED) is 0.253. The second kappa shape index (κ2) is 14.9. The van der Waals surface area contributed by atoms with Crippen LogP contribution in [0.3, 0.4) is 0 Å². The number of carboxylic acid groups (broad SMARTS) is 1. The zero-order valence-corrected chi connectivity index (χ0v) is 20.3. The minimum Gasteiger partial charge on any atom is -0.480 e. The number of carbonyl (C=O) groups is 2. The van der Waals surface area contributed by atoms with Crippen LogP contribution in [0.15, 0.2) is 24.5 Å². The minimum atomic E-state index is -1.01. The standard InChI is InChI=1S/C24H32N4O8/c1-18-21(13-20(15-25-18)27-17-29)19-12-22(28-2-4-32-5-3-28)24(26-14-19)36-11-10-34-7-6-33-8-9-35-16-23(30)31/h12-15,17H,2-11,16H2,1H3,(H,27,29)(H,30,31). The van der Waals surface area contributed by atoms with E-state index >= 15 is 0 Å². The van der Waals surface area contributed by atoms with Crippen LogP contribution >= 0.6 is 0 Å². The molecule has 0 bridgehead atoms. The molecule has 3 heterocycles. The van der Waals surface area contributed by atoms with Crippen molar-refractivity contribution in [1.29, 1.82) is 0 Å².